The predicted octanol–water partition coefficient (Wildman–Crippen LogP) is 1.50. The Morgan fingerprint density at radius 3 is 2.44 bits per heavy atom. The van der Waals surface area contributed by atoms with E-state index in [0.29, 0.717) is 3.57 Å². The van der Waals surface area contributed by atoms with Crippen LogP contribution in [0.2, 0.25) is 0 Å². The fourth-order valence-corrected chi connectivity index (χ4v) is 1.90. The lowest BCUT2D eigenvalue weighted by atomic mass is 10.2. The van der Waals surface area contributed by atoms with Crippen LogP contribution in [-0.4, -0.2) is 30.7 Å². The third-order valence-electron chi connectivity index (χ3n) is 1.95. The van der Waals surface area contributed by atoms with Crippen LogP contribution in [-0.2, 0) is 10.1 Å². The summed E-state index contributed by atoms with van der Waals surface area (Å²) >= 11 is 1.84. The number of hydrogen-bond donors (Lipinski definition) is 2. The van der Waals surface area contributed by atoms with E-state index >= 15 is 0 Å². The zero-order chi connectivity index (χ0) is 14.0. The molecular formula is C9H8F2INO4S. The Morgan fingerprint density at radius 1 is 1.39 bits per heavy atom. The van der Waals surface area contributed by atoms with Crippen LogP contribution in [0.3, 0.4) is 0 Å². The first-order valence-corrected chi connectivity index (χ1v) is 7.04. The quantitative estimate of drug-likeness (QED) is 0.602. The average Bonchev–Trinajstić information content (AvgIpc) is 2.25. The Labute approximate surface area is 115 Å². The molecule has 0 saturated carbocycles. The lowest BCUT2D eigenvalue weighted by molar-refractivity contribution is 0.0699. The van der Waals surface area contributed by atoms with Gasteiger partial charge in [0, 0.05) is 3.57 Å². The van der Waals surface area contributed by atoms with Gasteiger partial charge in [0.25, 0.3) is 5.91 Å². The minimum Gasteiger partial charge on any atom is -0.345 e. The maximum absolute atomic E-state index is 12.9. The van der Waals surface area contributed by atoms with Crippen molar-refractivity contribution in [3.05, 3.63) is 33.4 Å². The molecule has 0 bridgehead atoms. The normalized spacial score (nSPS) is 12.2. The van der Waals surface area contributed by atoms with Crippen LogP contribution in [0.4, 0.5) is 8.78 Å². The van der Waals surface area contributed by atoms with E-state index in [1.807, 2.05) is 22.6 Å². The van der Waals surface area contributed by atoms with Crippen molar-refractivity contribution in [2.45, 2.75) is 5.25 Å². The van der Waals surface area contributed by atoms with Gasteiger partial charge in [-0.25, -0.2) is 0 Å². The number of benzene rings is 1. The molecule has 5 nitrogen and oxygen atoms in total. The molecule has 100 valence electrons. The van der Waals surface area contributed by atoms with E-state index in [1.54, 1.807) is 17.4 Å². The van der Waals surface area contributed by atoms with Gasteiger partial charge < -0.3 is 5.32 Å². The first kappa shape index (κ1) is 15.2. The van der Waals surface area contributed by atoms with Crippen molar-refractivity contribution < 1.29 is 26.5 Å². The van der Waals surface area contributed by atoms with Crippen molar-refractivity contribution >= 4 is 38.6 Å². The fraction of sp³-hybridized carbons (Fsp3) is 0.222. The maximum Gasteiger partial charge on any atom is 0.386 e. The summed E-state index contributed by atoms with van der Waals surface area (Å²) < 4.78 is 55.1. The SMILES string of the molecule is O=C(NCC(F)(F)S(=O)(=O)O)c1ccccc1I. The Morgan fingerprint density at radius 2 is 1.94 bits per heavy atom. The number of nitrogens with one attached hydrogen (secondary N) is 1. The number of carbonyl (C=O) groups excluding carboxylic acids is 1. The number of hydrogen-bond acceptors (Lipinski definition) is 3. The molecule has 2 N–H and O–H groups in total. The van der Waals surface area contributed by atoms with Gasteiger partial charge in [-0.3, -0.25) is 9.35 Å². The summed E-state index contributed by atoms with van der Waals surface area (Å²) in [6.45, 7) is -1.49. The second kappa shape index (κ2) is 5.45. The molecule has 0 fully saturated rings. The van der Waals surface area contributed by atoms with Gasteiger partial charge in [-0.2, -0.15) is 17.2 Å². The summed E-state index contributed by atoms with van der Waals surface area (Å²) in [5.41, 5.74) is 0.143. The van der Waals surface area contributed by atoms with Gasteiger partial charge >= 0.3 is 15.4 Å². The van der Waals surface area contributed by atoms with Gasteiger partial charge in [0.05, 0.1) is 12.1 Å². The minimum atomic E-state index is -5.54. The first-order chi connectivity index (χ1) is 8.15. The van der Waals surface area contributed by atoms with Gasteiger partial charge in [0.1, 0.15) is 0 Å². The maximum atomic E-state index is 12.9. The third-order valence-corrected chi connectivity index (χ3v) is 3.79. The van der Waals surface area contributed by atoms with Crippen LogP contribution in [0.5, 0.6) is 0 Å². The van der Waals surface area contributed by atoms with Crippen molar-refractivity contribution in [3.8, 4) is 0 Å². The number of carbonyl (C=O) groups is 1. The molecule has 9 heteroatoms. The molecule has 0 saturated heterocycles. The lowest BCUT2D eigenvalue weighted by Crippen LogP contribution is -2.42. The van der Waals surface area contributed by atoms with Gasteiger partial charge in [-0.15, -0.1) is 0 Å². The highest BCUT2D eigenvalue weighted by Gasteiger charge is 2.44. The summed E-state index contributed by atoms with van der Waals surface area (Å²) in [5.74, 6) is -0.844. The van der Waals surface area contributed by atoms with E-state index in [0.717, 1.165) is 0 Å². The van der Waals surface area contributed by atoms with Crippen molar-refractivity contribution in [3.63, 3.8) is 0 Å². The zero-order valence-electron chi connectivity index (χ0n) is 8.73. The summed E-state index contributed by atoms with van der Waals surface area (Å²) in [6.07, 6.45) is 0. The number of alkyl halides is 2. The first-order valence-electron chi connectivity index (χ1n) is 4.53. The van der Waals surface area contributed by atoms with Gasteiger partial charge in [0.15, 0.2) is 0 Å². The van der Waals surface area contributed by atoms with Crippen molar-refractivity contribution in [1.82, 2.24) is 5.32 Å². The molecule has 1 amide bonds. The second-order valence-electron chi connectivity index (χ2n) is 3.27. The number of halogens is 3. The lowest BCUT2D eigenvalue weighted by Gasteiger charge is -2.13. The van der Waals surface area contributed by atoms with Crippen LogP contribution in [0.1, 0.15) is 10.4 Å². The van der Waals surface area contributed by atoms with Crippen LogP contribution < -0.4 is 5.32 Å². The molecular weight excluding hydrogens is 383 g/mol. The van der Waals surface area contributed by atoms with Crippen molar-refractivity contribution in [2.75, 3.05) is 6.54 Å². The molecule has 0 aliphatic rings. The third kappa shape index (κ3) is 3.59. The van der Waals surface area contributed by atoms with E-state index in [9.17, 15) is 22.0 Å². The molecule has 0 aliphatic carbocycles. The van der Waals surface area contributed by atoms with E-state index in [2.05, 4.69) is 0 Å². The smallest absolute Gasteiger partial charge is 0.345 e. The molecule has 0 unspecified atom stereocenters. The second-order valence-corrected chi connectivity index (χ2v) is 5.98. The van der Waals surface area contributed by atoms with Gasteiger partial charge in [0.2, 0.25) is 0 Å². The molecule has 0 heterocycles. The van der Waals surface area contributed by atoms with E-state index < -0.39 is 27.8 Å². The molecule has 18 heavy (non-hydrogen) atoms. The van der Waals surface area contributed by atoms with Crippen LogP contribution in [0.25, 0.3) is 0 Å². The van der Waals surface area contributed by atoms with E-state index in [-0.39, 0.29) is 5.56 Å². The predicted molar refractivity (Wildman–Crippen MR) is 68.0 cm³/mol. The zero-order valence-corrected chi connectivity index (χ0v) is 11.7. The monoisotopic (exact) mass is 391 g/mol. The van der Waals surface area contributed by atoms with Gasteiger partial charge in [-0.05, 0) is 34.7 Å². The minimum absolute atomic E-state index is 0.143. The molecule has 0 atom stereocenters. The number of rotatable bonds is 4. The fourth-order valence-electron chi connectivity index (χ4n) is 1.01. The van der Waals surface area contributed by atoms with E-state index in [4.69, 9.17) is 4.55 Å². The van der Waals surface area contributed by atoms with Crippen LogP contribution in [0, 0.1) is 3.57 Å². The van der Waals surface area contributed by atoms with Crippen molar-refractivity contribution in [2.24, 2.45) is 0 Å². The Bertz CT molecular complexity index is 561. The molecule has 1 aromatic carbocycles. The standard InChI is InChI=1S/C9H8F2INO4S/c10-9(11,18(15,16)17)5-13-8(14)6-3-1-2-4-7(6)12/h1-4H,5H2,(H,13,14)(H,15,16,17). The summed E-state index contributed by atoms with van der Waals surface area (Å²) in [4.78, 5) is 11.5. The Balaban J connectivity index is 2.77. The molecule has 0 spiro atoms. The Kier molecular flexibility index (Phi) is 4.61. The molecule has 0 aromatic heterocycles. The highest BCUT2D eigenvalue weighted by atomic mass is 127. The van der Waals surface area contributed by atoms with Gasteiger partial charge in [-0.1, -0.05) is 12.1 Å². The topological polar surface area (TPSA) is 83.5 Å². The number of amides is 1. The largest absolute Gasteiger partial charge is 0.386 e. The van der Waals surface area contributed by atoms with Crippen LogP contribution >= 0.6 is 22.6 Å². The molecule has 1 aromatic rings. The molecule has 0 aliphatic heterocycles. The highest BCUT2D eigenvalue weighted by molar-refractivity contribution is 14.1. The van der Waals surface area contributed by atoms with E-state index in [1.165, 1.54) is 12.1 Å². The van der Waals surface area contributed by atoms with Crippen LogP contribution in [0.15, 0.2) is 24.3 Å². The molecule has 0 radical (unpaired) electrons. The van der Waals surface area contributed by atoms with Crippen molar-refractivity contribution in [1.29, 1.82) is 0 Å². The average molecular weight is 391 g/mol. The highest BCUT2D eigenvalue weighted by Crippen LogP contribution is 2.19. The summed E-state index contributed by atoms with van der Waals surface area (Å²) in [6, 6.07) is 6.20. The Hall–Kier alpha value is -0.810. The molecule has 1 rings (SSSR count). The summed E-state index contributed by atoms with van der Waals surface area (Å²) in [5, 5.41) is -2.66. The summed E-state index contributed by atoms with van der Waals surface area (Å²) in [7, 11) is -5.54.